The highest BCUT2D eigenvalue weighted by atomic mass is 35.5. The average Bonchev–Trinajstić information content (AvgIpc) is 2.77. The third kappa shape index (κ3) is 5.92. The van der Waals surface area contributed by atoms with Crippen molar-refractivity contribution in [3.8, 4) is 17.6 Å². The molecule has 0 spiro atoms. The number of carbonyl (C=O) groups excluding carboxylic acids is 1. The Kier molecular flexibility index (Phi) is 7.80. The van der Waals surface area contributed by atoms with E-state index in [4.69, 9.17) is 32.7 Å². The van der Waals surface area contributed by atoms with Crippen LogP contribution in [0.5, 0.6) is 11.5 Å². The zero-order valence-corrected chi connectivity index (χ0v) is 18.9. The SMILES string of the molecule is COc1cc(/C=C(\C#N)C(=O)N2CCN(C)CC2)ccc1OCc1ccc(Cl)cc1Cl. The molecule has 31 heavy (non-hydrogen) atoms. The second-order valence-electron chi connectivity index (χ2n) is 7.20. The molecule has 6 nitrogen and oxygen atoms in total. The first-order chi connectivity index (χ1) is 14.9. The highest BCUT2D eigenvalue weighted by Crippen LogP contribution is 2.31. The molecule has 0 aromatic heterocycles. The van der Waals surface area contributed by atoms with Crippen molar-refractivity contribution in [3.63, 3.8) is 0 Å². The lowest BCUT2D eigenvalue weighted by Crippen LogP contribution is -2.47. The molecule has 2 aromatic rings. The van der Waals surface area contributed by atoms with Crippen LogP contribution in [0.25, 0.3) is 6.08 Å². The van der Waals surface area contributed by atoms with Crippen molar-refractivity contribution in [1.29, 1.82) is 5.26 Å². The van der Waals surface area contributed by atoms with Crippen LogP contribution in [0.3, 0.4) is 0 Å². The highest BCUT2D eigenvalue weighted by molar-refractivity contribution is 6.35. The second kappa shape index (κ2) is 10.5. The summed E-state index contributed by atoms with van der Waals surface area (Å²) >= 11 is 12.1. The quantitative estimate of drug-likeness (QED) is 0.476. The molecule has 0 unspecified atom stereocenters. The van der Waals surface area contributed by atoms with Crippen molar-refractivity contribution in [1.82, 2.24) is 9.80 Å². The van der Waals surface area contributed by atoms with E-state index in [0.29, 0.717) is 40.2 Å². The highest BCUT2D eigenvalue weighted by Gasteiger charge is 2.22. The number of amides is 1. The van der Waals surface area contributed by atoms with Gasteiger partial charge in [-0.2, -0.15) is 5.26 Å². The number of piperazine rings is 1. The van der Waals surface area contributed by atoms with E-state index in [0.717, 1.165) is 18.7 Å². The normalized spacial score (nSPS) is 14.8. The number of rotatable bonds is 6. The standard InChI is InChI=1S/C23H23Cl2N3O3/c1-27-7-9-28(10-8-27)23(29)18(14-26)11-16-3-6-21(22(12-16)30-2)31-15-17-4-5-19(24)13-20(17)25/h3-6,11-13H,7-10,15H2,1-2H3/b18-11+. The molecule has 0 aliphatic carbocycles. The molecule has 1 fully saturated rings. The number of methoxy groups -OCH3 is 1. The Morgan fingerprint density at radius 1 is 1.13 bits per heavy atom. The molecule has 1 amide bonds. The Morgan fingerprint density at radius 2 is 1.87 bits per heavy atom. The smallest absolute Gasteiger partial charge is 0.264 e. The van der Waals surface area contributed by atoms with Gasteiger partial charge >= 0.3 is 0 Å². The Labute approximate surface area is 192 Å². The van der Waals surface area contributed by atoms with Crippen molar-refractivity contribution >= 4 is 35.2 Å². The van der Waals surface area contributed by atoms with E-state index < -0.39 is 0 Å². The first kappa shape index (κ1) is 23.0. The van der Waals surface area contributed by atoms with Crippen LogP contribution in [0.2, 0.25) is 10.0 Å². The molecule has 1 heterocycles. The average molecular weight is 460 g/mol. The van der Waals surface area contributed by atoms with E-state index in [1.165, 1.54) is 7.11 Å². The van der Waals surface area contributed by atoms with Gasteiger partial charge in [-0.15, -0.1) is 0 Å². The lowest BCUT2D eigenvalue weighted by Gasteiger charge is -2.32. The second-order valence-corrected chi connectivity index (χ2v) is 8.04. The van der Waals surface area contributed by atoms with Crippen molar-refractivity contribution in [3.05, 3.63) is 63.1 Å². The molecule has 0 saturated carbocycles. The topological polar surface area (TPSA) is 65.8 Å². The van der Waals surface area contributed by atoms with Gasteiger partial charge in [-0.3, -0.25) is 4.79 Å². The van der Waals surface area contributed by atoms with Crippen LogP contribution >= 0.6 is 23.2 Å². The van der Waals surface area contributed by atoms with Crippen LogP contribution in [0, 0.1) is 11.3 Å². The molecule has 162 valence electrons. The summed E-state index contributed by atoms with van der Waals surface area (Å²) < 4.78 is 11.3. The minimum atomic E-state index is -0.257. The maximum absolute atomic E-state index is 12.7. The number of hydrogen-bond donors (Lipinski definition) is 0. The molecule has 1 aliphatic rings. The molecule has 2 aromatic carbocycles. The minimum Gasteiger partial charge on any atom is -0.493 e. The number of nitriles is 1. The molecule has 0 N–H and O–H groups in total. The summed E-state index contributed by atoms with van der Waals surface area (Å²) in [6, 6.07) is 12.5. The molecular formula is C23H23Cl2N3O3. The lowest BCUT2D eigenvalue weighted by molar-refractivity contribution is -0.128. The number of hydrogen-bond acceptors (Lipinski definition) is 5. The molecular weight excluding hydrogens is 437 g/mol. The fraction of sp³-hybridized carbons (Fsp3) is 0.304. The number of nitrogens with zero attached hydrogens (tertiary/aromatic N) is 3. The summed E-state index contributed by atoms with van der Waals surface area (Å²) in [5, 5.41) is 10.6. The van der Waals surface area contributed by atoms with E-state index in [2.05, 4.69) is 4.90 Å². The number of likely N-dealkylation sites (N-methyl/N-ethyl adjacent to an activating group) is 1. The summed E-state index contributed by atoms with van der Waals surface area (Å²) in [6.45, 7) is 3.05. The van der Waals surface area contributed by atoms with E-state index in [1.807, 2.05) is 13.1 Å². The minimum absolute atomic E-state index is 0.0909. The monoisotopic (exact) mass is 459 g/mol. The largest absolute Gasteiger partial charge is 0.493 e. The first-order valence-electron chi connectivity index (χ1n) is 9.75. The van der Waals surface area contributed by atoms with Crippen molar-refractivity contribution in [2.75, 3.05) is 40.3 Å². The van der Waals surface area contributed by atoms with Crippen LogP contribution in [-0.2, 0) is 11.4 Å². The third-order valence-corrected chi connectivity index (χ3v) is 5.63. The predicted octanol–water partition coefficient (Wildman–Crippen LogP) is 4.26. The molecule has 0 atom stereocenters. The summed E-state index contributed by atoms with van der Waals surface area (Å²) in [4.78, 5) is 16.6. The summed E-state index contributed by atoms with van der Waals surface area (Å²) in [5.41, 5.74) is 1.56. The van der Waals surface area contributed by atoms with Gasteiger partial charge < -0.3 is 19.3 Å². The molecule has 1 aliphatic heterocycles. The molecule has 0 bridgehead atoms. The van der Waals surface area contributed by atoms with E-state index in [-0.39, 0.29) is 18.1 Å². The van der Waals surface area contributed by atoms with Gasteiger partial charge in [0.1, 0.15) is 18.2 Å². The van der Waals surface area contributed by atoms with Crippen LogP contribution in [0.4, 0.5) is 0 Å². The van der Waals surface area contributed by atoms with Gasteiger partial charge in [-0.05, 0) is 43.0 Å². The molecule has 1 saturated heterocycles. The lowest BCUT2D eigenvalue weighted by atomic mass is 10.1. The van der Waals surface area contributed by atoms with Gasteiger partial charge in [0.25, 0.3) is 5.91 Å². The maximum Gasteiger partial charge on any atom is 0.264 e. The fourth-order valence-corrected chi connectivity index (χ4v) is 3.64. The summed E-state index contributed by atoms with van der Waals surface area (Å²) in [5.74, 6) is 0.755. The Balaban J connectivity index is 1.74. The van der Waals surface area contributed by atoms with E-state index in [1.54, 1.807) is 47.4 Å². The van der Waals surface area contributed by atoms with Crippen LogP contribution in [0.15, 0.2) is 42.0 Å². The van der Waals surface area contributed by atoms with Gasteiger partial charge in [0.2, 0.25) is 0 Å². The zero-order valence-electron chi connectivity index (χ0n) is 17.4. The van der Waals surface area contributed by atoms with Crippen LogP contribution in [-0.4, -0.2) is 56.0 Å². The Bertz CT molecular complexity index is 1030. The fourth-order valence-electron chi connectivity index (χ4n) is 3.18. The van der Waals surface area contributed by atoms with Crippen molar-refractivity contribution in [2.24, 2.45) is 0 Å². The van der Waals surface area contributed by atoms with Gasteiger partial charge in [-0.25, -0.2) is 0 Å². The maximum atomic E-state index is 12.7. The summed E-state index contributed by atoms with van der Waals surface area (Å²) in [6.07, 6.45) is 1.57. The first-order valence-corrected chi connectivity index (χ1v) is 10.5. The molecule has 0 radical (unpaired) electrons. The van der Waals surface area contributed by atoms with Crippen molar-refractivity contribution in [2.45, 2.75) is 6.61 Å². The number of benzene rings is 2. The number of halogens is 2. The molecule has 8 heteroatoms. The van der Waals surface area contributed by atoms with Gasteiger partial charge in [0.15, 0.2) is 11.5 Å². The van der Waals surface area contributed by atoms with Crippen LogP contribution in [0.1, 0.15) is 11.1 Å². The molecule has 3 rings (SSSR count). The summed E-state index contributed by atoms with van der Waals surface area (Å²) in [7, 11) is 3.55. The van der Waals surface area contributed by atoms with Gasteiger partial charge in [0.05, 0.1) is 7.11 Å². The number of carbonyl (C=O) groups is 1. The van der Waals surface area contributed by atoms with Gasteiger partial charge in [-0.1, -0.05) is 35.3 Å². The Morgan fingerprint density at radius 3 is 2.52 bits per heavy atom. The third-order valence-electron chi connectivity index (χ3n) is 5.04. The van der Waals surface area contributed by atoms with E-state index >= 15 is 0 Å². The van der Waals surface area contributed by atoms with Gasteiger partial charge in [0, 0.05) is 41.8 Å². The van der Waals surface area contributed by atoms with Crippen molar-refractivity contribution < 1.29 is 14.3 Å². The van der Waals surface area contributed by atoms with E-state index in [9.17, 15) is 10.1 Å². The zero-order chi connectivity index (χ0) is 22.4. The number of ether oxygens (including phenoxy) is 2. The Hall–Kier alpha value is -2.72. The van der Waals surface area contributed by atoms with Crippen LogP contribution < -0.4 is 9.47 Å². The predicted molar refractivity (Wildman–Crippen MR) is 121 cm³/mol.